The summed E-state index contributed by atoms with van der Waals surface area (Å²) in [6.45, 7) is 6.22. The molecular formula is C19H28O2. The van der Waals surface area contributed by atoms with Crippen LogP contribution < -0.4 is 0 Å². The van der Waals surface area contributed by atoms with Gasteiger partial charge in [0.1, 0.15) is 6.61 Å². The van der Waals surface area contributed by atoms with E-state index in [0.29, 0.717) is 6.61 Å². The van der Waals surface area contributed by atoms with Gasteiger partial charge in [-0.25, -0.2) is 0 Å². The highest BCUT2D eigenvalue weighted by atomic mass is 16.5. The number of unbranched alkanes of at least 4 members (excludes halogenated alkanes) is 2. The molecule has 0 aliphatic heterocycles. The van der Waals surface area contributed by atoms with E-state index < -0.39 is 0 Å². The summed E-state index contributed by atoms with van der Waals surface area (Å²) in [5, 5.41) is 0. The van der Waals surface area contributed by atoms with Gasteiger partial charge >= 0.3 is 5.97 Å². The first kappa shape index (κ1) is 17.5. The van der Waals surface area contributed by atoms with Crippen molar-refractivity contribution in [1.82, 2.24) is 0 Å². The molecule has 21 heavy (non-hydrogen) atoms. The van der Waals surface area contributed by atoms with Crippen molar-refractivity contribution in [2.75, 3.05) is 6.61 Å². The third-order valence-corrected chi connectivity index (χ3v) is 3.45. The molecule has 0 aliphatic carbocycles. The Labute approximate surface area is 129 Å². The van der Waals surface area contributed by atoms with Gasteiger partial charge < -0.3 is 4.74 Å². The van der Waals surface area contributed by atoms with Crippen LogP contribution in [0.1, 0.15) is 64.0 Å². The van der Waals surface area contributed by atoms with Crippen molar-refractivity contribution in [2.45, 2.75) is 59.3 Å². The van der Waals surface area contributed by atoms with Crippen LogP contribution in [-0.2, 0) is 16.0 Å². The Morgan fingerprint density at radius 3 is 2.38 bits per heavy atom. The lowest BCUT2D eigenvalue weighted by molar-refractivity contribution is -0.140. The zero-order chi connectivity index (χ0) is 15.5. The highest BCUT2D eigenvalue weighted by Crippen LogP contribution is 2.14. The normalized spacial score (nSPS) is 11.5. The third-order valence-electron chi connectivity index (χ3n) is 3.45. The molecule has 1 rings (SSSR count). The molecule has 0 fully saturated rings. The van der Waals surface area contributed by atoms with E-state index in [1.165, 1.54) is 42.9 Å². The van der Waals surface area contributed by atoms with Gasteiger partial charge in [-0.05, 0) is 36.0 Å². The SMILES string of the molecule is CCCCCc1ccc(C=C(CCC)COC(C)=O)cc1. The second kappa shape index (κ2) is 10.2. The van der Waals surface area contributed by atoms with Crippen LogP contribution >= 0.6 is 0 Å². The highest BCUT2D eigenvalue weighted by Gasteiger charge is 2.01. The summed E-state index contributed by atoms with van der Waals surface area (Å²) in [6.07, 6.45) is 9.14. The average Bonchev–Trinajstić information content (AvgIpc) is 2.47. The number of carbonyl (C=O) groups excluding carboxylic acids is 1. The summed E-state index contributed by atoms with van der Waals surface area (Å²) < 4.78 is 5.11. The fourth-order valence-electron chi connectivity index (χ4n) is 2.30. The maximum absolute atomic E-state index is 10.9. The molecule has 116 valence electrons. The predicted molar refractivity (Wildman–Crippen MR) is 89.2 cm³/mol. The second-order valence-electron chi connectivity index (χ2n) is 5.53. The molecule has 0 saturated heterocycles. The number of hydrogen-bond acceptors (Lipinski definition) is 2. The van der Waals surface area contributed by atoms with Crippen LogP contribution in [-0.4, -0.2) is 12.6 Å². The summed E-state index contributed by atoms with van der Waals surface area (Å²) in [4.78, 5) is 10.9. The van der Waals surface area contributed by atoms with Crippen molar-refractivity contribution in [1.29, 1.82) is 0 Å². The average molecular weight is 288 g/mol. The lowest BCUT2D eigenvalue weighted by Crippen LogP contribution is -2.03. The molecule has 1 aromatic carbocycles. The maximum atomic E-state index is 10.9. The summed E-state index contributed by atoms with van der Waals surface area (Å²) >= 11 is 0. The van der Waals surface area contributed by atoms with Gasteiger partial charge in [-0.1, -0.05) is 63.5 Å². The van der Waals surface area contributed by atoms with Gasteiger partial charge in [0.15, 0.2) is 0 Å². The van der Waals surface area contributed by atoms with Crippen LogP contribution in [0.5, 0.6) is 0 Å². The fraction of sp³-hybridized carbons (Fsp3) is 0.526. The van der Waals surface area contributed by atoms with Gasteiger partial charge in [0, 0.05) is 6.92 Å². The molecular weight excluding hydrogens is 260 g/mol. The van der Waals surface area contributed by atoms with E-state index in [0.717, 1.165) is 19.3 Å². The number of rotatable bonds is 9. The molecule has 0 heterocycles. The molecule has 0 saturated carbocycles. The van der Waals surface area contributed by atoms with Gasteiger partial charge in [0.05, 0.1) is 0 Å². The Bertz CT molecular complexity index is 443. The van der Waals surface area contributed by atoms with E-state index in [-0.39, 0.29) is 5.97 Å². The number of hydrogen-bond donors (Lipinski definition) is 0. The van der Waals surface area contributed by atoms with E-state index in [2.05, 4.69) is 44.2 Å². The van der Waals surface area contributed by atoms with Crippen molar-refractivity contribution in [2.24, 2.45) is 0 Å². The van der Waals surface area contributed by atoms with E-state index in [4.69, 9.17) is 4.74 Å². The number of carbonyl (C=O) groups is 1. The number of aryl methyl sites for hydroxylation is 1. The van der Waals surface area contributed by atoms with Crippen LogP contribution in [0.4, 0.5) is 0 Å². The molecule has 0 N–H and O–H groups in total. The van der Waals surface area contributed by atoms with Crippen molar-refractivity contribution in [3.63, 3.8) is 0 Å². The molecule has 0 unspecified atom stereocenters. The molecule has 0 atom stereocenters. The molecule has 2 nitrogen and oxygen atoms in total. The van der Waals surface area contributed by atoms with Crippen molar-refractivity contribution < 1.29 is 9.53 Å². The third kappa shape index (κ3) is 7.69. The van der Waals surface area contributed by atoms with Crippen LogP contribution in [0.2, 0.25) is 0 Å². The van der Waals surface area contributed by atoms with Crippen LogP contribution in [0.3, 0.4) is 0 Å². The maximum Gasteiger partial charge on any atom is 0.302 e. The summed E-state index contributed by atoms with van der Waals surface area (Å²) in [6, 6.07) is 8.73. The Morgan fingerprint density at radius 2 is 1.81 bits per heavy atom. The molecule has 0 amide bonds. The molecule has 0 radical (unpaired) electrons. The molecule has 2 heteroatoms. The van der Waals surface area contributed by atoms with E-state index in [1.807, 2.05) is 0 Å². The van der Waals surface area contributed by atoms with Crippen molar-refractivity contribution in [3.8, 4) is 0 Å². The summed E-state index contributed by atoms with van der Waals surface area (Å²) in [5.41, 5.74) is 3.76. The largest absolute Gasteiger partial charge is 0.461 e. The lowest BCUT2D eigenvalue weighted by Gasteiger charge is -2.07. The van der Waals surface area contributed by atoms with Crippen molar-refractivity contribution in [3.05, 3.63) is 41.0 Å². The first-order valence-corrected chi connectivity index (χ1v) is 8.07. The standard InChI is InChI=1S/C19H28O2/c1-4-6-7-9-17-10-12-18(13-11-17)14-19(8-5-2)15-21-16(3)20/h10-14H,4-9,15H2,1-3H3. The number of esters is 1. The number of benzene rings is 1. The Kier molecular flexibility index (Phi) is 8.49. The Morgan fingerprint density at radius 1 is 1.10 bits per heavy atom. The van der Waals surface area contributed by atoms with Crippen molar-refractivity contribution >= 4 is 12.0 Å². The molecule has 0 aliphatic rings. The van der Waals surface area contributed by atoms with E-state index in [1.54, 1.807) is 0 Å². The van der Waals surface area contributed by atoms with Gasteiger partial charge in [-0.3, -0.25) is 4.79 Å². The van der Waals surface area contributed by atoms with Gasteiger partial charge in [0.2, 0.25) is 0 Å². The summed E-state index contributed by atoms with van der Waals surface area (Å²) in [7, 11) is 0. The lowest BCUT2D eigenvalue weighted by atomic mass is 10.0. The first-order chi connectivity index (χ1) is 10.2. The Hall–Kier alpha value is -1.57. The van der Waals surface area contributed by atoms with E-state index >= 15 is 0 Å². The minimum atomic E-state index is -0.219. The highest BCUT2D eigenvalue weighted by molar-refractivity contribution is 5.66. The quantitative estimate of drug-likeness (QED) is 0.463. The minimum absolute atomic E-state index is 0.219. The second-order valence-corrected chi connectivity index (χ2v) is 5.53. The molecule has 0 aromatic heterocycles. The topological polar surface area (TPSA) is 26.3 Å². The van der Waals surface area contributed by atoms with Gasteiger partial charge in [-0.2, -0.15) is 0 Å². The molecule has 0 bridgehead atoms. The van der Waals surface area contributed by atoms with Gasteiger partial charge in [-0.15, -0.1) is 0 Å². The monoisotopic (exact) mass is 288 g/mol. The zero-order valence-electron chi connectivity index (χ0n) is 13.7. The number of ether oxygens (including phenoxy) is 1. The summed E-state index contributed by atoms with van der Waals surface area (Å²) in [5.74, 6) is -0.219. The Balaban J connectivity index is 2.64. The van der Waals surface area contributed by atoms with Crippen LogP contribution in [0.15, 0.2) is 29.8 Å². The first-order valence-electron chi connectivity index (χ1n) is 8.07. The fourth-order valence-corrected chi connectivity index (χ4v) is 2.30. The van der Waals surface area contributed by atoms with Crippen LogP contribution in [0, 0.1) is 0 Å². The predicted octanol–water partition coefficient (Wildman–Crippen LogP) is 5.17. The van der Waals surface area contributed by atoms with E-state index in [9.17, 15) is 4.79 Å². The molecule has 0 spiro atoms. The zero-order valence-corrected chi connectivity index (χ0v) is 13.7. The smallest absolute Gasteiger partial charge is 0.302 e. The minimum Gasteiger partial charge on any atom is -0.461 e. The van der Waals surface area contributed by atoms with Gasteiger partial charge in [0.25, 0.3) is 0 Å². The molecule has 1 aromatic rings. The van der Waals surface area contributed by atoms with Crippen LogP contribution in [0.25, 0.3) is 6.08 Å².